The summed E-state index contributed by atoms with van der Waals surface area (Å²) in [6.07, 6.45) is 6.11. The fourth-order valence-electron chi connectivity index (χ4n) is 1.43. The average Bonchev–Trinajstić information content (AvgIpc) is 2.80. The van der Waals surface area contributed by atoms with Gasteiger partial charge < -0.3 is 14.6 Å². The molecule has 0 bridgehead atoms. The first kappa shape index (κ1) is 33.5. The Bertz CT molecular complexity index is 713. The molecular formula is C25H35ClO6. The zero-order chi connectivity index (χ0) is 25.4. The summed E-state index contributed by atoms with van der Waals surface area (Å²) in [5.74, 6) is -1.07. The van der Waals surface area contributed by atoms with Gasteiger partial charge in [0.2, 0.25) is 0 Å². The van der Waals surface area contributed by atoms with Crippen LogP contribution < -0.4 is 0 Å². The number of benzene rings is 1. The van der Waals surface area contributed by atoms with E-state index in [1.165, 1.54) is 13.0 Å². The summed E-state index contributed by atoms with van der Waals surface area (Å²) in [5, 5.41) is 7.89. The van der Waals surface area contributed by atoms with E-state index in [9.17, 15) is 14.4 Å². The summed E-state index contributed by atoms with van der Waals surface area (Å²) in [7, 11) is 0. The molecule has 1 aromatic rings. The average molecular weight is 467 g/mol. The topological polar surface area (TPSA) is 89.9 Å². The van der Waals surface area contributed by atoms with Gasteiger partial charge in [-0.25, -0.2) is 14.4 Å². The first-order chi connectivity index (χ1) is 15.1. The molecule has 0 aliphatic rings. The molecule has 0 saturated heterocycles. The van der Waals surface area contributed by atoms with E-state index in [0.717, 1.165) is 30.0 Å². The van der Waals surface area contributed by atoms with Gasteiger partial charge in [-0.2, -0.15) is 0 Å². The van der Waals surface area contributed by atoms with Gasteiger partial charge in [0.15, 0.2) is 0 Å². The number of carboxylic acid groups (broad SMARTS) is 1. The third-order valence-electron chi connectivity index (χ3n) is 3.15. The molecule has 7 heteroatoms. The highest BCUT2D eigenvalue weighted by molar-refractivity contribution is 6.17. The number of unbranched alkanes of at least 4 members (excludes halogenated alkanes) is 1. The van der Waals surface area contributed by atoms with Crippen LogP contribution in [0.4, 0.5) is 0 Å². The fourth-order valence-corrected chi connectivity index (χ4v) is 1.68. The van der Waals surface area contributed by atoms with Crippen LogP contribution in [-0.2, 0) is 29.7 Å². The van der Waals surface area contributed by atoms with Crippen molar-refractivity contribution in [2.24, 2.45) is 0 Å². The van der Waals surface area contributed by atoms with Crippen molar-refractivity contribution >= 4 is 35.6 Å². The summed E-state index contributed by atoms with van der Waals surface area (Å²) in [5.41, 5.74) is 2.44. The van der Waals surface area contributed by atoms with Crippen LogP contribution >= 0.6 is 11.6 Å². The second-order valence-electron chi connectivity index (χ2n) is 5.80. The summed E-state index contributed by atoms with van der Waals surface area (Å²) in [6, 6.07) is 7.96. The lowest BCUT2D eigenvalue weighted by Gasteiger charge is -1.98. The number of hydrogen-bond acceptors (Lipinski definition) is 5. The standard InChI is InChI=1S/C9H9Cl.C7H12O2.C5H8O2.C4H6O2/c1-2-8-5-3-4-6-9(8)7-10;1-3-5-6-9-7(8)4-2;1-3-5(6)7-4-2;1-3(2)4(5)6/h2-6H,1,7H2;4H,2-3,5-6H2,1H3;3H,1,4H2,2H3;1H2,2H3,(H,5,6). The van der Waals surface area contributed by atoms with E-state index in [1.54, 1.807) is 6.92 Å². The zero-order valence-corrected chi connectivity index (χ0v) is 20.0. The van der Waals surface area contributed by atoms with Crippen LogP contribution in [0.15, 0.2) is 68.3 Å². The van der Waals surface area contributed by atoms with E-state index in [4.69, 9.17) is 16.7 Å². The molecule has 0 atom stereocenters. The maximum atomic E-state index is 10.3. The molecule has 0 fully saturated rings. The van der Waals surface area contributed by atoms with Crippen LogP contribution in [0, 0.1) is 0 Å². The van der Waals surface area contributed by atoms with E-state index in [2.05, 4.69) is 35.8 Å². The monoisotopic (exact) mass is 466 g/mol. The number of esters is 2. The summed E-state index contributed by atoms with van der Waals surface area (Å²) in [6.45, 7) is 19.5. The maximum absolute atomic E-state index is 10.3. The molecule has 1 aromatic carbocycles. The number of hydrogen-bond donors (Lipinski definition) is 1. The Morgan fingerprint density at radius 2 is 1.53 bits per heavy atom. The van der Waals surface area contributed by atoms with Gasteiger partial charge in [0, 0.05) is 23.6 Å². The van der Waals surface area contributed by atoms with Gasteiger partial charge in [0.05, 0.1) is 13.2 Å². The molecular weight excluding hydrogens is 432 g/mol. The van der Waals surface area contributed by atoms with Gasteiger partial charge in [-0.3, -0.25) is 0 Å². The second kappa shape index (κ2) is 24.2. The second-order valence-corrected chi connectivity index (χ2v) is 6.07. The minimum atomic E-state index is -0.935. The molecule has 0 unspecified atom stereocenters. The molecule has 178 valence electrons. The lowest BCUT2D eigenvalue weighted by molar-refractivity contribution is -0.138. The van der Waals surface area contributed by atoms with Crippen LogP contribution in [0.2, 0.25) is 0 Å². The Labute approximate surface area is 196 Å². The Kier molecular flexibility index (Phi) is 25.3. The fraction of sp³-hybridized carbons (Fsp3) is 0.320. The van der Waals surface area contributed by atoms with E-state index in [-0.39, 0.29) is 17.5 Å². The summed E-state index contributed by atoms with van der Waals surface area (Å²) in [4.78, 5) is 30.0. The number of carbonyl (C=O) groups excluding carboxylic acids is 2. The highest BCUT2D eigenvalue weighted by Crippen LogP contribution is 2.11. The minimum Gasteiger partial charge on any atom is -0.478 e. The SMILES string of the molecule is C=C(C)C(=O)O.C=CC(=O)OCC.C=CC(=O)OCCCC.C=Cc1ccccc1CCl. The van der Waals surface area contributed by atoms with E-state index in [0.29, 0.717) is 19.1 Å². The number of carboxylic acids is 1. The van der Waals surface area contributed by atoms with E-state index >= 15 is 0 Å². The Morgan fingerprint density at radius 1 is 1.03 bits per heavy atom. The van der Waals surface area contributed by atoms with Crippen molar-refractivity contribution in [3.8, 4) is 0 Å². The molecule has 1 rings (SSSR count). The molecule has 0 saturated carbocycles. The van der Waals surface area contributed by atoms with Crippen molar-refractivity contribution < 1.29 is 29.0 Å². The Hall–Kier alpha value is -3.12. The lowest BCUT2D eigenvalue weighted by Crippen LogP contribution is -2.00. The quantitative estimate of drug-likeness (QED) is 0.209. The number of carbonyl (C=O) groups is 3. The van der Waals surface area contributed by atoms with E-state index < -0.39 is 5.97 Å². The first-order valence-electron chi connectivity index (χ1n) is 9.88. The van der Waals surface area contributed by atoms with Gasteiger partial charge in [0.25, 0.3) is 0 Å². The van der Waals surface area contributed by atoms with Crippen LogP contribution in [0.25, 0.3) is 6.08 Å². The van der Waals surface area contributed by atoms with Gasteiger partial charge in [-0.05, 0) is 31.4 Å². The first-order valence-corrected chi connectivity index (χ1v) is 10.4. The van der Waals surface area contributed by atoms with Gasteiger partial charge in [0.1, 0.15) is 0 Å². The van der Waals surface area contributed by atoms with Crippen LogP contribution in [0.1, 0.15) is 44.7 Å². The normalized spacial score (nSPS) is 8.38. The highest BCUT2D eigenvalue weighted by Gasteiger charge is 1.93. The van der Waals surface area contributed by atoms with Crippen molar-refractivity contribution in [1.82, 2.24) is 0 Å². The van der Waals surface area contributed by atoms with Crippen molar-refractivity contribution in [3.63, 3.8) is 0 Å². The Balaban J connectivity index is -0.000000358. The molecule has 0 aromatic heterocycles. The van der Waals surface area contributed by atoms with Crippen molar-refractivity contribution in [2.45, 2.75) is 39.5 Å². The Morgan fingerprint density at radius 3 is 1.84 bits per heavy atom. The van der Waals surface area contributed by atoms with E-state index in [1.807, 2.05) is 37.3 Å². The molecule has 32 heavy (non-hydrogen) atoms. The van der Waals surface area contributed by atoms with Gasteiger partial charge in [-0.15, -0.1) is 11.6 Å². The smallest absolute Gasteiger partial charge is 0.330 e. The molecule has 0 heterocycles. The third kappa shape index (κ3) is 23.2. The number of aliphatic carboxylic acids is 1. The maximum Gasteiger partial charge on any atom is 0.330 e. The minimum absolute atomic E-state index is 0.176. The number of alkyl halides is 1. The molecule has 1 N–H and O–H groups in total. The predicted molar refractivity (Wildman–Crippen MR) is 131 cm³/mol. The summed E-state index contributed by atoms with van der Waals surface area (Å²) >= 11 is 5.66. The van der Waals surface area contributed by atoms with Crippen molar-refractivity contribution in [2.75, 3.05) is 13.2 Å². The predicted octanol–water partition coefficient (Wildman–Crippen LogP) is 5.97. The van der Waals surface area contributed by atoms with Gasteiger partial charge >= 0.3 is 17.9 Å². The van der Waals surface area contributed by atoms with Gasteiger partial charge in [-0.1, -0.05) is 70.0 Å². The number of halogens is 1. The largest absolute Gasteiger partial charge is 0.478 e. The molecule has 0 spiro atoms. The molecule has 0 amide bonds. The third-order valence-corrected chi connectivity index (χ3v) is 3.43. The summed E-state index contributed by atoms with van der Waals surface area (Å²) < 4.78 is 9.11. The molecule has 0 aliphatic heterocycles. The molecule has 6 nitrogen and oxygen atoms in total. The zero-order valence-electron chi connectivity index (χ0n) is 19.3. The highest BCUT2D eigenvalue weighted by atomic mass is 35.5. The van der Waals surface area contributed by atoms with Crippen LogP contribution in [0.5, 0.6) is 0 Å². The molecule has 0 aliphatic carbocycles. The lowest BCUT2D eigenvalue weighted by atomic mass is 10.1. The van der Waals surface area contributed by atoms with Crippen LogP contribution in [0.3, 0.4) is 0 Å². The van der Waals surface area contributed by atoms with Crippen molar-refractivity contribution in [3.05, 3.63) is 79.4 Å². The van der Waals surface area contributed by atoms with Crippen molar-refractivity contribution in [1.29, 1.82) is 0 Å². The van der Waals surface area contributed by atoms with Crippen LogP contribution in [-0.4, -0.2) is 36.2 Å². The number of ether oxygens (including phenoxy) is 2. The number of rotatable bonds is 9. The molecule has 0 radical (unpaired) electrons.